The minimum Gasteiger partial charge on any atom is -0.310 e. The van der Waals surface area contributed by atoms with Crippen LogP contribution in [0.4, 0.5) is 11.4 Å². The largest absolute Gasteiger partial charge is 0.310 e. The van der Waals surface area contributed by atoms with E-state index in [1.54, 1.807) is 0 Å². The minimum atomic E-state index is 0.978. The molecule has 194 valence electrons. The zero-order chi connectivity index (χ0) is 27.3. The van der Waals surface area contributed by atoms with Crippen molar-refractivity contribution in [1.29, 1.82) is 0 Å². The summed E-state index contributed by atoms with van der Waals surface area (Å²) in [4.78, 5) is 2.31. The fourth-order valence-corrected chi connectivity index (χ4v) is 4.62. The third-order valence-electron chi connectivity index (χ3n) is 6.54. The Balaban J connectivity index is 0.00000195. The Kier molecular flexibility index (Phi) is 10.9. The Morgan fingerprint density at radius 1 is 0.737 bits per heavy atom. The zero-order valence-corrected chi connectivity index (χ0v) is 23.3. The van der Waals surface area contributed by atoms with Gasteiger partial charge in [0.1, 0.15) is 0 Å². The van der Waals surface area contributed by atoms with E-state index in [1.165, 1.54) is 22.3 Å². The highest BCUT2D eigenvalue weighted by Gasteiger charge is 2.15. The van der Waals surface area contributed by atoms with Crippen LogP contribution in [-0.4, -0.2) is 0 Å². The van der Waals surface area contributed by atoms with Crippen LogP contribution in [-0.2, 0) is 12.8 Å². The number of benzene rings is 4. The lowest BCUT2D eigenvalue weighted by atomic mass is 10.0. The number of allylic oxidation sites excluding steroid dienone is 1. The molecular weight excluding hydrogens is 458 g/mol. The van der Waals surface area contributed by atoms with Gasteiger partial charge >= 0.3 is 0 Å². The SMILES string of the molecule is C=CCCCc1cccc(N(/C(C=C)=c2\ccccc2=C)c2cccc(-c3cccc(CC)c3)c2)c1.CC. The molecule has 0 N–H and O–H groups in total. The molecule has 0 radical (unpaired) electrons. The van der Waals surface area contributed by atoms with Crippen molar-refractivity contribution in [1.82, 2.24) is 0 Å². The van der Waals surface area contributed by atoms with E-state index in [2.05, 4.69) is 123 Å². The van der Waals surface area contributed by atoms with Gasteiger partial charge in [-0.3, -0.25) is 0 Å². The number of hydrogen-bond donors (Lipinski definition) is 0. The summed E-state index contributed by atoms with van der Waals surface area (Å²) in [5.41, 5.74) is 8.31. The van der Waals surface area contributed by atoms with Crippen LogP contribution < -0.4 is 15.3 Å². The average Bonchev–Trinajstić information content (AvgIpc) is 2.98. The van der Waals surface area contributed by atoms with Gasteiger partial charge < -0.3 is 4.90 Å². The van der Waals surface area contributed by atoms with Gasteiger partial charge in [-0.1, -0.05) is 113 Å². The number of hydrogen-bond acceptors (Lipinski definition) is 1. The maximum Gasteiger partial charge on any atom is 0.0533 e. The Labute approximate surface area is 229 Å². The van der Waals surface area contributed by atoms with Crippen LogP contribution in [0.2, 0.25) is 0 Å². The molecule has 0 aromatic heterocycles. The van der Waals surface area contributed by atoms with E-state index in [1.807, 2.05) is 32.1 Å². The zero-order valence-electron chi connectivity index (χ0n) is 23.3. The lowest BCUT2D eigenvalue weighted by molar-refractivity contribution is 0.844. The third-order valence-corrected chi connectivity index (χ3v) is 6.54. The number of aryl methyl sites for hydroxylation is 2. The van der Waals surface area contributed by atoms with E-state index in [9.17, 15) is 0 Å². The van der Waals surface area contributed by atoms with E-state index in [0.29, 0.717) is 0 Å². The Hall–Kier alpha value is -4.10. The van der Waals surface area contributed by atoms with Crippen LogP contribution >= 0.6 is 0 Å². The molecule has 0 aliphatic carbocycles. The fourth-order valence-electron chi connectivity index (χ4n) is 4.62. The van der Waals surface area contributed by atoms with Crippen molar-refractivity contribution in [2.24, 2.45) is 0 Å². The lowest BCUT2D eigenvalue weighted by Gasteiger charge is -2.27. The number of rotatable bonds is 10. The molecule has 1 nitrogen and oxygen atoms in total. The van der Waals surface area contributed by atoms with E-state index >= 15 is 0 Å². The van der Waals surface area contributed by atoms with Crippen LogP contribution in [0.1, 0.15) is 44.7 Å². The van der Waals surface area contributed by atoms with Crippen LogP contribution in [0.3, 0.4) is 0 Å². The number of unbranched alkanes of at least 4 members (excludes halogenated alkanes) is 1. The first-order chi connectivity index (χ1) is 18.6. The second-order valence-electron chi connectivity index (χ2n) is 9.04. The first kappa shape index (κ1) is 28.5. The van der Waals surface area contributed by atoms with Crippen LogP contribution in [0.5, 0.6) is 0 Å². The van der Waals surface area contributed by atoms with Crippen molar-refractivity contribution in [2.45, 2.75) is 46.5 Å². The second kappa shape index (κ2) is 14.6. The van der Waals surface area contributed by atoms with Gasteiger partial charge in [0, 0.05) is 16.6 Å². The quantitative estimate of drug-likeness (QED) is 0.155. The van der Waals surface area contributed by atoms with Crippen LogP contribution in [0, 0.1) is 0 Å². The highest BCUT2D eigenvalue weighted by Crippen LogP contribution is 2.34. The maximum absolute atomic E-state index is 4.31. The van der Waals surface area contributed by atoms with Crippen molar-refractivity contribution in [3.8, 4) is 11.1 Å². The molecule has 1 heteroatoms. The summed E-state index contributed by atoms with van der Waals surface area (Å²) < 4.78 is 0. The normalized spacial score (nSPS) is 11.1. The standard InChI is InChI=1S/C35H35N.C2H6/c1-5-8-9-16-29-18-13-21-32(25-29)36(35(7-3)34-23-11-10-15-27(34)4)33-22-14-20-31(26-33)30-19-12-17-28(6-2)24-30;1-2/h5,7,10-15,17-26H,1,3-4,6,8-9,16H2,2H3;1-2H3/b35-34+;. The van der Waals surface area contributed by atoms with Gasteiger partial charge in [-0.2, -0.15) is 0 Å². The molecule has 0 saturated carbocycles. The monoisotopic (exact) mass is 499 g/mol. The summed E-state index contributed by atoms with van der Waals surface area (Å²) in [7, 11) is 0. The molecule has 0 aliphatic heterocycles. The molecule has 0 unspecified atom stereocenters. The molecule has 4 aromatic carbocycles. The molecule has 0 aliphatic rings. The van der Waals surface area contributed by atoms with Crippen molar-refractivity contribution >= 4 is 23.7 Å². The van der Waals surface area contributed by atoms with E-state index in [-0.39, 0.29) is 0 Å². The molecule has 0 bridgehead atoms. The Bertz CT molecular complexity index is 1460. The summed E-state index contributed by atoms with van der Waals surface area (Å²) in [5, 5.41) is 2.05. The summed E-state index contributed by atoms with van der Waals surface area (Å²) >= 11 is 0. The van der Waals surface area contributed by atoms with Gasteiger partial charge in [-0.15, -0.1) is 6.58 Å². The van der Waals surface area contributed by atoms with Crippen molar-refractivity contribution < 1.29 is 0 Å². The first-order valence-electron chi connectivity index (χ1n) is 13.7. The molecular formula is C37H41N. The summed E-state index contributed by atoms with van der Waals surface area (Å²) in [6, 6.07) is 34.7. The highest BCUT2D eigenvalue weighted by atomic mass is 15.1. The molecule has 0 saturated heterocycles. The molecule has 38 heavy (non-hydrogen) atoms. The topological polar surface area (TPSA) is 3.24 Å². The predicted octanol–water partition coefficient (Wildman–Crippen LogP) is 8.99. The molecule has 4 rings (SSSR count). The second-order valence-corrected chi connectivity index (χ2v) is 9.04. The summed E-state index contributed by atoms with van der Waals surface area (Å²) in [6.45, 7) is 18.6. The molecule has 0 heterocycles. The molecule has 0 atom stereocenters. The van der Waals surface area contributed by atoms with Crippen LogP contribution in [0.15, 0.2) is 122 Å². The lowest BCUT2D eigenvalue weighted by Crippen LogP contribution is -2.31. The van der Waals surface area contributed by atoms with E-state index < -0.39 is 0 Å². The predicted molar refractivity (Wildman–Crippen MR) is 169 cm³/mol. The molecule has 0 spiro atoms. The fraction of sp³-hybridized carbons (Fsp3) is 0.189. The number of anilines is 2. The van der Waals surface area contributed by atoms with Gasteiger partial charge in [0.25, 0.3) is 0 Å². The summed E-state index contributed by atoms with van der Waals surface area (Å²) in [6.07, 6.45) is 8.09. The van der Waals surface area contributed by atoms with Crippen molar-refractivity contribution in [3.05, 3.63) is 144 Å². The first-order valence-corrected chi connectivity index (χ1v) is 13.7. The highest BCUT2D eigenvalue weighted by molar-refractivity contribution is 5.86. The van der Waals surface area contributed by atoms with Gasteiger partial charge in [-0.05, 0) is 83.5 Å². The van der Waals surface area contributed by atoms with Gasteiger partial charge in [-0.25, -0.2) is 0 Å². The van der Waals surface area contributed by atoms with Gasteiger partial charge in [0.2, 0.25) is 0 Å². The summed E-state index contributed by atoms with van der Waals surface area (Å²) in [5.74, 6) is 0. The minimum absolute atomic E-state index is 0.978. The van der Waals surface area contributed by atoms with E-state index in [0.717, 1.165) is 53.2 Å². The molecule has 0 fully saturated rings. The average molecular weight is 500 g/mol. The van der Waals surface area contributed by atoms with Gasteiger partial charge in [0.05, 0.1) is 5.70 Å². The van der Waals surface area contributed by atoms with Gasteiger partial charge in [0.15, 0.2) is 0 Å². The third kappa shape index (κ3) is 7.01. The Morgan fingerprint density at radius 2 is 1.37 bits per heavy atom. The maximum atomic E-state index is 4.31. The smallest absolute Gasteiger partial charge is 0.0533 e. The van der Waals surface area contributed by atoms with Crippen LogP contribution in [0.25, 0.3) is 23.4 Å². The van der Waals surface area contributed by atoms with Crippen molar-refractivity contribution in [2.75, 3.05) is 4.90 Å². The Morgan fingerprint density at radius 3 is 2.05 bits per heavy atom. The molecule has 0 amide bonds. The number of nitrogens with zero attached hydrogens (tertiary/aromatic N) is 1. The van der Waals surface area contributed by atoms with Crippen molar-refractivity contribution in [3.63, 3.8) is 0 Å². The van der Waals surface area contributed by atoms with E-state index in [4.69, 9.17) is 0 Å². The molecule has 4 aromatic rings.